The average Bonchev–Trinajstić information content (AvgIpc) is 2.77. The molecule has 33 heavy (non-hydrogen) atoms. The molecule has 0 unspecified atom stereocenters. The molecular weight excluding hydrogens is 420 g/mol. The third kappa shape index (κ3) is 5.85. The lowest BCUT2D eigenvalue weighted by Gasteiger charge is -2.14. The van der Waals surface area contributed by atoms with Gasteiger partial charge in [0, 0.05) is 11.5 Å². The maximum absolute atomic E-state index is 13.0. The second-order valence-corrected chi connectivity index (χ2v) is 8.17. The Kier molecular flexibility index (Phi) is 7.27. The zero-order valence-corrected chi connectivity index (χ0v) is 19.4. The molecule has 0 bridgehead atoms. The second kappa shape index (κ2) is 10.1. The number of ether oxygens (including phenoxy) is 1. The number of hydrogen-bond acceptors (Lipinski definition) is 5. The SMILES string of the molecule is COc1ccc(C)cc1NC(=O)Cn1nc(-c2ccc(C)cc2)cc(NC(=O)C(C)C)c1=O. The minimum atomic E-state index is -0.564. The lowest BCUT2D eigenvalue weighted by atomic mass is 10.1. The number of nitrogens with one attached hydrogen (secondary N) is 2. The summed E-state index contributed by atoms with van der Waals surface area (Å²) in [6.45, 7) is 7.00. The molecule has 3 rings (SSSR count). The van der Waals surface area contributed by atoms with Crippen LogP contribution in [0.1, 0.15) is 25.0 Å². The van der Waals surface area contributed by atoms with Crippen LogP contribution in [0.2, 0.25) is 0 Å². The molecule has 0 atom stereocenters. The highest BCUT2D eigenvalue weighted by Crippen LogP contribution is 2.25. The van der Waals surface area contributed by atoms with Crippen LogP contribution >= 0.6 is 0 Å². The Labute approximate surface area is 192 Å². The number of anilines is 2. The van der Waals surface area contributed by atoms with E-state index in [0.29, 0.717) is 17.1 Å². The quantitative estimate of drug-likeness (QED) is 0.573. The van der Waals surface area contributed by atoms with Crippen molar-refractivity contribution in [2.24, 2.45) is 5.92 Å². The van der Waals surface area contributed by atoms with Gasteiger partial charge in [0.2, 0.25) is 11.8 Å². The minimum absolute atomic E-state index is 0.0696. The Bertz CT molecular complexity index is 1230. The Morgan fingerprint density at radius 2 is 1.64 bits per heavy atom. The predicted molar refractivity (Wildman–Crippen MR) is 128 cm³/mol. The van der Waals surface area contributed by atoms with E-state index in [1.54, 1.807) is 26.0 Å². The highest BCUT2D eigenvalue weighted by atomic mass is 16.5. The number of rotatable bonds is 7. The van der Waals surface area contributed by atoms with Crippen LogP contribution in [-0.4, -0.2) is 28.7 Å². The van der Waals surface area contributed by atoms with E-state index in [4.69, 9.17) is 4.74 Å². The molecule has 0 saturated carbocycles. The molecule has 0 spiro atoms. The number of carbonyl (C=O) groups is 2. The van der Waals surface area contributed by atoms with Crippen LogP contribution in [0.5, 0.6) is 5.75 Å². The highest BCUT2D eigenvalue weighted by molar-refractivity contribution is 5.93. The van der Waals surface area contributed by atoms with E-state index < -0.39 is 11.5 Å². The van der Waals surface area contributed by atoms with E-state index in [9.17, 15) is 14.4 Å². The second-order valence-electron chi connectivity index (χ2n) is 8.17. The van der Waals surface area contributed by atoms with Gasteiger partial charge in [-0.15, -0.1) is 0 Å². The van der Waals surface area contributed by atoms with Crippen LogP contribution in [0.4, 0.5) is 11.4 Å². The van der Waals surface area contributed by atoms with E-state index in [-0.39, 0.29) is 24.1 Å². The molecule has 0 saturated heterocycles. The van der Waals surface area contributed by atoms with Crippen molar-refractivity contribution in [1.82, 2.24) is 9.78 Å². The van der Waals surface area contributed by atoms with Crippen LogP contribution in [0, 0.1) is 19.8 Å². The van der Waals surface area contributed by atoms with E-state index in [0.717, 1.165) is 21.4 Å². The molecule has 3 aromatic rings. The molecule has 2 aromatic carbocycles. The maximum atomic E-state index is 13.0. The van der Waals surface area contributed by atoms with Crippen molar-refractivity contribution in [3.8, 4) is 17.0 Å². The van der Waals surface area contributed by atoms with Crippen LogP contribution in [0.25, 0.3) is 11.3 Å². The molecule has 2 N–H and O–H groups in total. The average molecular weight is 449 g/mol. The Balaban J connectivity index is 1.97. The van der Waals surface area contributed by atoms with Gasteiger partial charge in [-0.05, 0) is 37.6 Å². The third-order valence-electron chi connectivity index (χ3n) is 5.03. The van der Waals surface area contributed by atoms with E-state index in [2.05, 4.69) is 15.7 Å². The molecule has 8 heteroatoms. The summed E-state index contributed by atoms with van der Waals surface area (Å²) in [6, 6.07) is 14.5. The van der Waals surface area contributed by atoms with E-state index >= 15 is 0 Å². The van der Waals surface area contributed by atoms with Crippen molar-refractivity contribution in [3.63, 3.8) is 0 Å². The fourth-order valence-electron chi connectivity index (χ4n) is 3.13. The zero-order valence-electron chi connectivity index (χ0n) is 19.4. The fourth-order valence-corrected chi connectivity index (χ4v) is 3.13. The molecule has 2 amide bonds. The van der Waals surface area contributed by atoms with Crippen molar-refractivity contribution in [3.05, 3.63) is 70.0 Å². The lowest BCUT2D eigenvalue weighted by molar-refractivity contribution is -0.119. The van der Waals surface area contributed by atoms with Crippen LogP contribution in [-0.2, 0) is 16.1 Å². The van der Waals surface area contributed by atoms with Crippen molar-refractivity contribution in [1.29, 1.82) is 0 Å². The summed E-state index contributed by atoms with van der Waals surface area (Å²) >= 11 is 0. The number of aryl methyl sites for hydroxylation is 2. The Hall–Kier alpha value is -3.94. The summed E-state index contributed by atoms with van der Waals surface area (Å²) in [5, 5.41) is 9.82. The highest BCUT2D eigenvalue weighted by Gasteiger charge is 2.17. The molecule has 172 valence electrons. The molecule has 0 aliphatic heterocycles. The van der Waals surface area contributed by atoms with E-state index in [1.165, 1.54) is 13.2 Å². The number of methoxy groups -OCH3 is 1. The summed E-state index contributed by atoms with van der Waals surface area (Å²) in [5.74, 6) is -0.553. The number of benzene rings is 2. The summed E-state index contributed by atoms with van der Waals surface area (Å²) in [4.78, 5) is 38.1. The molecule has 1 aromatic heterocycles. The number of amides is 2. The number of nitrogens with zero attached hydrogens (tertiary/aromatic N) is 2. The maximum Gasteiger partial charge on any atom is 0.291 e. The Morgan fingerprint density at radius 1 is 0.970 bits per heavy atom. The van der Waals surface area contributed by atoms with Gasteiger partial charge in [0.1, 0.15) is 18.0 Å². The number of carbonyl (C=O) groups excluding carboxylic acids is 2. The van der Waals surface area contributed by atoms with Crippen LogP contribution in [0.15, 0.2) is 53.3 Å². The lowest BCUT2D eigenvalue weighted by Crippen LogP contribution is -2.33. The van der Waals surface area contributed by atoms with Gasteiger partial charge < -0.3 is 15.4 Å². The fraction of sp³-hybridized carbons (Fsp3) is 0.280. The van der Waals surface area contributed by atoms with Gasteiger partial charge in [0.15, 0.2) is 0 Å². The molecule has 8 nitrogen and oxygen atoms in total. The molecule has 0 fully saturated rings. The van der Waals surface area contributed by atoms with Gasteiger partial charge in [0.25, 0.3) is 5.56 Å². The first-order valence-corrected chi connectivity index (χ1v) is 10.6. The van der Waals surface area contributed by atoms with E-state index in [1.807, 2.05) is 44.2 Å². The van der Waals surface area contributed by atoms with Gasteiger partial charge in [0.05, 0.1) is 18.5 Å². The van der Waals surface area contributed by atoms with Crippen molar-refractivity contribution >= 4 is 23.2 Å². The third-order valence-corrected chi connectivity index (χ3v) is 5.03. The zero-order chi connectivity index (χ0) is 24.1. The van der Waals surface area contributed by atoms with Gasteiger partial charge in [-0.3, -0.25) is 14.4 Å². The molecule has 0 aliphatic carbocycles. The monoisotopic (exact) mass is 448 g/mol. The van der Waals surface area contributed by atoms with Gasteiger partial charge in [-0.2, -0.15) is 5.10 Å². The minimum Gasteiger partial charge on any atom is -0.495 e. The molecular formula is C25H28N4O4. The first kappa shape index (κ1) is 23.7. The van der Waals surface area contributed by atoms with Crippen molar-refractivity contribution in [2.45, 2.75) is 34.2 Å². The van der Waals surface area contributed by atoms with Gasteiger partial charge >= 0.3 is 0 Å². The largest absolute Gasteiger partial charge is 0.495 e. The predicted octanol–water partition coefficient (Wildman–Crippen LogP) is 3.77. The van der Waals surface area contributed by atoms with Crippen LogP contribution in [0.3, 0.4) is 0 Å². The van der Waals surface area contributed by atoms with Gasteiger partial charge in [-0.25, -0.2) is 4.68 Å². The first-order valence-electron chi connectivity index (χ1n) is 10.6. The summed E-state index contributed by atoms with van der Waals surface area (Å²) in [6.07, 6.45) is 0. The topological polar surface area (TPSA) is 102 Å². The molecule has 0 radical (unpaired) electrons. The number of hydrogen-bond donors (Lipinski definition) is 2. The smallest absolute Gasteiger partial charge is 0.291 e. The summed E-state index contributed by atoms with van der Waals surface area (Å²) in [7, 11) is 1.51. The normalized spacial score (nSPS) is 10.7. The number of aromatic nitrogens is 2. The molecule has 1 heterocycles. The first-order chi connectivity index (χ1) is 15.7. The summed E-state index contributed by atoms with van der Waals surface area (Å²) in [5.41, 5.74) is 3.25. The molecule has 0 aliphatic rings. The van der Waals surface area contributed by atoms with Crippen molar-refractivity contribution in [2.75, 3.05) is 17.7 Å². The van der Waals surface area contributed by atoms with Gasteiger partial charge in [-0.1, -0.05) is 49.7 Å². The standard InChI is InChI=1S/C25H28N4O4/c1-15(2)24(31)27-21-13-19(18-9-6-16(3)7-10-18)28-29(25(21)32)14-23(30)26-20-12-17(4)8-11-22(20)33-5/h6-13,15H,14H2,1-5H3,(H,26,30)(H,27,31). The summed E-state index contributed by atoms with van der Waals surface area (Å²) < 4.78 is 6.36. The Morgan fingerprint density at radius 3 is 2.27 bits per heavy atom. The van der Waals surface area contributed by atoms with Crippen molar-refractivity contribution < 1.29 is 14.3 Å². The van der Waals surface area contributed by atoms with Crippen LogP contribution < -0.4 is 20.9 Å².